The summed E-state index contributed by atoms with van der Waals surface area (Å²) in [5, 5.41) is 6.36. The third-order valence-electron chi connectivity index (χ3n) is 3.39. The van der Waals surface area contributed by atoms with Crippen LogP contribution in [0.25, 0.3) is 0 Å². The number of hydrogen-bond acceptors (Lipinski definition) is 2. The van der Waals surface area contributed by atoms with Gasteiger partial charge in [-0.15, -0.1) is 0 Å². The topological polar surface area (TPSA) is 58.2 Å². The summed E-state index contributed by atoms with van der Waals surface area (Å²) in [7, 11) is 0. The van der Waals surface area contributed by atoms with E-state index in [1.54, 1.807) is 24.3 Å². The fourth-order valence-electron chi connectivity index (χ4n) is 2.26. The van der Waals surface area contributed by atoms with Crippen molar-refractivity contribution in [2.75, 3.05) is 6.54 Å². The molecule has 0 atom stereocenters. The second kappa shape index (κ2) is 8.50. The zero-order valence-corrected chi connectivity index (χ0v) is 14.6. The minimum Gasteiger partial charge on any atom is -0.352 e. The first-order chi connectivity index (χ1) is 11.5. The number of carbonyl (C=O) groups excluding carboxylic acids is 2. The third kappa shape index (κ3) is 5.39. The summed E-state index contributed by atoms with van der Waals surface area (Å²) >= 11 is 5.94. The molecule has 0 aliphatic rings. The van der Waals surface area contributed by atoms with Crippen molar-refractivity contribution in [2.24, 2.45) is 0 Å². The van der Waals surface area contributed by atoms with Gasteiger partial charge in [0.05, 0.1) is 0 Å². The Morgan fingerprint density at radius 1 is 1.00 bits per heavy atom. The number of amides is 2. The van der Waals surface area contributed by atoms with Gasteiger partial charge in [-0.1, -0.05) is 29.8 Å². The maximum Gasteiger partial charge on any atom is 0.251 e. The van der Waals surface area contributed by atoms with Crippen molar-refractivity contribution in [1.29, 1.82) is 0 Å². The second-order valence-electron chi connectivity index (χ2n) is 5.84. The molecule has 0 aliphatic heterocycles. The van der Waals surface area contributed by atoms with Gasteiger partial charge >= 0.3 is 0 Å². The van der Waals surface area contributed by atoms with E-state index in [0.29, 0.717) is 29.1 Å². The zero-order chi connectivity index (χ0) is 17.5. The summed E-state index contributed by atoms with van der Waals surface area (Å²) < 4.78 is 0. The van der Waals surface area contributed by atoms with Gasteiger partial charge < -0.3 is 10.6 Å². The number of hydrogen-bond donors (Lipinski definition) is 2. The molecule has 0 aliphatic carbocycles. The van der Waals surface area contributed by atoms with Crippen LogP contribution in [-0.2, 0) is 6.42 Å². The normalized spacial score (nSPS) is 10.5. The van der Waals surface area contributed by atoms with Crippen LogP contribution in [0.5, 0.6) is 0 Å². The fraction of sp³-hybridized carbons (Fsp3) is 0.263. The standard InChI is InChI=1S/C19H21ClN2O2/c1-13(2)22-19(24)16-7-4-6-15(12-16)18(23)21-10-9-14-5-3-8-17(20)11-14/h3-8,11-13H,9-10H2,1-2H3,(H,21,23)(H,22,24). The second-order valence-corrected chi connectivity index (χ2v) is 6.28. The van der Waals surface area contributed by atoms with E-state index in [-0.39, 0.29) is 17.9 Å². The van der Waals surface area contributed by atoms with E-state index in [0.717, 1.165) is 5.56 Å². The predicted molar refractivity (Wildman–Crippen MR) is 96.5 cm³/mol. The lowest BCUT2D eigenvalue weighted by atomic mass is 10.1. The average Bonchev–Trinajstić information content (AvgIpc) is 2.54. The molecule has 126 valence electrons. The summed E-state index contributed by atoms with van der Waals surface area (Å²) in [6, 6.07) is 14.3. The molecule has 0 saturated heterocycles. The highest BCUT2D eigenvalue weighted by Gasteiger charge is 2.11. The van der Waals surface area contributed by atoms with E-state index >= 15 is 0 Å². The van der Waals surface area contributed by atoms with Gasteiger partial charge in [0, 0.05) is 28.7 Å². The number of halogens is 1. The quantitative estimate of drug-likeness (QED) is 0.843. The van der Waals surface area contributed by atoms with E-state index in [1.165, 1.54) is 0 Å². The molecule has 0 aromatic heterocycles. The number of carbonyl (C=O) groups is 2. The minimum absolute atomic E-state index is 0.0488. The number of nitrogens with one attached hydrogen (secondary N) is 2. The first kappa shape index (κ1) is 18.0. The molecule has 0 bridgehead atoms. The van der Waals surface area contributed by atoms with Crippen molar-refractivity contribution < 1.29 is 9.59 Å². The van der Waals surface area contributed by atoms with Gasteiger partial charge in [-0.05, 0) is 56.2 Å². The first-order valence-corrected chi connectivity index (χ1v) is 8.27. The maximum atomic E-state index is 12.2. The van der Waals surface area contributed by atoms with Gasteiger partial charge in [0.2, 0.25) is 0 Å². The predicted octanol–water partition coefficient (Wildman–Crippen LogP) is 3.45. The van der Waals surface area contributed by atoms with Crippen LogP contribution < -0.4 is 10.6 Å². The summed E-state index contributed by atoms with van der Waals surface area (Å²) in [6.45, 7) is 4.29. The molecule has 2 aromatic carbocycles. The van der Waals surface area contributed by atoms with Gasteiger partial charge in [-0.2, -0.15) is 0 Å². The Morgan fingerprint density at radius 2 is 1.67 bits per heavy atom. The Hall–Kier alpha value is -2.33. The van der Waals surface area contributed by atoms with E-state index in [4.69, 9.17) is 11.6 Å². The van der Waals surface area contributed by atoms with Gasteiger partial charge in [0.25, 0.3) is 11.8 Å². The van der Waals surface area contributed by atoms with E-state index in [2.05, 4.69) is 10.6 Å². The van der Waals surface area contributed by atoms with E-state index < -0.39 is 0 Å². The Labute approximate surface area is 147 Å². The van der Waals surface area contributed by atoms with Gasteiger partial charge in [-0.25, -0.2) is 0 Å². The Kier molecular flexibility index (Phi) is 6.38. The molecule has 2 aromatic rings. The van der Waals surface area contributed by atoms with Crippen LogP contribution in [0.2, 0.25) is 5.02 Å². The monoisotopic (exact) mass is 344 g/mol. The Bertz CT molecular complexity index is 729. The first-order valence-electron chi connectivity index (χ1n) is 7.89. The lowest BCUT2D eigenvalue weighted by Gasteiger charge is -2.10. The smallest absolute Gasteiger partial charge is 0.251 e. The fourth-order valence-corrected chi connectivity index (χ4v) is 2.47. The summed E-state index contributed by atoms with van der Waals surface area (Å²) in [5.41, 5.74) is 2.01. The van der Waals surface area contributed by atoms with Crippen LogP contribution in [0, 0.1) is 0 Å². The highest BCUT2D eigenvalue weighted by molar-refractivity contribution is 6.30. The van der Waals surface area contributed by atoms with Crippen molar-refractivity contribution >= 4 is 23.4 Å². The van der Waals surface area contributed by atoms with Crippen molar-refractivity contribution in [1.82, 2.24) is 10.6 Å². The number of rotatable bonds is 6. The number of benzene rings is 2. The molecule has 2 amide bonds. The molecular formula is C19H21ClN2O2. The average molecular weight is 345 g/mol. The van der Waals surface area contributed by atoms with Crippen molar-refractivity contribution in [2.45, 2.75) is 26.3 Å². The van der Waals surface area contributed by atoms with Crippen molar-refractivity contribution in [3.63, 3.8) is 0 Å². The van der Waals surface area contributed by atoms with Gasteiger partial charge in [-0.3, -0.25) is 9.59 Å². The molecule has 2 rings (SSSR count). The Balaban J connectivity index is 1.93. The highest BCUT2D eigenvalue weighted by atomic mass is 35.5. The summed E-state index contributed by atoms with van der Waals surface area (Å²) in [4.78, 5) is 24.2. The summed E-state index contributed by atoms with van der Waals surface area (Å²) in [6.07, 6.45) is 0.694. The molecule has 0 saturated carbocycles. The minimum atomic E-state index is -0.198. The molecule has 0 spiro atoms. The molecule has 0 heterocycles. The van der Waals surface area contributed by atoms with Crippen LogP contribution in [0.4, 0.5) is 0 Å². The molecule has 0 fully saturated rings. The van der Waals surface area contributed by atoms with Crippen molar-refractivity contribution in [3.05, 3.63) is 70.2 Å². The maximum absolute atomic E-state index is 12.2. The molecule has 24 heavy (non-hydrogen) atoms. The van der Waals surface area contributed by atoms with Crippen LogP contribution in [0.3, 0.4) is 0 Å². The van der Waals surface area contributed by atoms with Crippen LogP contribution in [0.15, 0.2) is 48.5 Å². The van der Waals surface area contributed by atoms with Gasteiger partial charge in [0.15, 0.2) is 0 Å². The zero-order valence-electron chi connectivity index (χ0n) is 13.8. The van der Waals surface area contributed by atoms with Crippen LogP contribution in [0.1, 0.15) is 40.1 Å². The molecule has 2 N–H and O–H groups in total. The van der Waals surface area contributed by atoms with Gasteiger partial charge in [0.1, 0.15) is 0 Å². The molecule has 0 unspecified atom stereocenters. The SMILES string of the molecule is CC(C)NC(=O)c1cccc(C(=O)NCCc2cccc(Cl)c2)c1. The molecular weight excluding hydrogens is 324 g/mol. The molecule has 4 nitrogen and oxygen atoms in total. The van der Waals surface area contributed by atoms with Crippen LogP contribution in [-0.4, -0.2) is 24.4 Å². The van der Waals surface area contributed by atoms with Crippen molar-refractivity contribution in [3.8, 4) is 0 Å². The summed E-state index contributed by atoms with van der Waals surface area (Å²) in [5.74, 6) is -0.380. The lowest BCUT2D eigenvalue weighted by Crippen LogP contribution is -2.30. The largest absolute Gasteiger partial charge is 0.352 e. The molecule has 5 heteroatoms. The Morgan fingerprint density at radius 3 is 2.33 bits per heavy atom. The van der Waals surface area contributed by atoms with E-state index in [1.807, 2.05) is 38.1 Å². The third-order valence-corrected chi connectivity index (χ3v) is 3.63. The highest BCUT2D eigenvalue weighted by Crippen LogP contribution is 2.11. The van der Waals surface area contributed by atoms with Crippen LogP contribution >= 0.6 is 11.6 Å². The lowest BCUT2D eigenvalue weighted by molar-refractivity contribution is 0.0943. The molecule has 0 radical (unpaired) electrons. The van der Waals surface area contributed by atoms with E-state index in [9.17, 15) is 9.59 Å².